The molecule has 1 aromatic rings. The maximum Gasteiger partial charge on any atom is 0.0887 e. The van der Waals surface area contributed by atoms with Gasteiger partial charge in [-0.15, -0.1) is 0 Å². The molecule has 0 heterocycles. The molecular formula is C10H11N3O. The van der Waals surface area contributed by atoms with Crippen LogP contribution in [0.1, 0.15) is 23.6 Å². The lowest BCUT2D eigenvalue weighted by Crippen LogP contribution is -2.23. The fraction of sp³-hybridized carbons (Fsp3) is 0.400. The molecule has 0 amide bonds. The van der Waals surface area contributed by atoms with Crippen molar-refractivity contribution in [3.05, 3.63) is 45.8 Å². The zero-order valence-electron chi connectivity index (χ0n) is 7.67. The summed E-state index contributed by atoms with van der Waals surface area (Å²) in [4.78, 5) is 2.77. The molecule has 0 unspecified atom stereocenters. The van der Waals surface area contributed by atoms with Gasteiger partial charge in [0.15, 0.2) is 0 Å². The summed E-state index contributed by atoms with van der Waals surface area (Å²) in [6, 6.07) is 7.38. The van der Waals surface area contributed by atoms with Crippen molar-refractivity contribution in [2.75, 3.05) is 0 Å². The molecule has 2 rings (SSSR count). The number of fused-ring (bicyclic) bond motifs is 1. The van der Waals surface area contributed by atoms with Crippen LogP contribution in [0.4, 0.5) is 0 Å². The van der Waals surface area contributed by atoms with Crippen molar-refractivity contribution in [3.63, 3.8) is 0 Å². The Hall–Kier alpha value is -1.51. The van der Waals surface area contributed by atoms with E-state index in [9.17, 15) is 5.11 Å². The lowest BCUT2D eigenvalue weighted by molar-refractivity contribution is 0.128. The van der Waals surface area contributed by atoms with Crippen LogP contribution in [-0.2, 0) is 6.42 Å². The van der Waals surface area contributed by atoms with Gasteiger partial charge in [-0.05, 0) is 29.5 Å². The predicted molar refractivity (Wildman–Crippen MR) is 52.7 cm³/mol. The van der Waals surface area contributed by atoms with E-state index in [0.29, 0.717) is 6.42 Å². The van der Waals surface area contributed by atoms with Gasteiger partial charge in [-0.1, -0.05) is 29.4 Å². The minimum absolute atomic E-state index is 0.412. The van der Waals surface area contributed by atoms with Crippen LogP contribution >= 0.6 is 0 Å². The number of nitrogens with zero attached hydrogens (tertiary/aromatic N) is 3. The molecule has 1 aliphatic carbocycles. The first kappa shape index (κ1) is 9.06. The zero-order chi connectivity index (χ0) is 9.97. The maximum absolute atomic E-state index is 9.68. The first-order chi connectivity index (χ1) is 6.83. The van der Waals surface area contributed by atoms with Gasteiger partial charge in [-0.3, -0.25) is 0 Å². The van der Waals surface area contributed by atoms with Gasteiger partial charge in [0.25, 0.3) is 0 Å². The highest BCUT2D eigenvalue weighted by Gasteiger charge is 2.26. The second kappa shape index (κ2) is 3.70. The molecular weight excluding hydrogens is 178 g/mol. The normalized spacial score (nSPS) is 24.9. The third-order valence-corrected chi connectivity index (χ3v) is 2.62. The molecule has 0 saturated heterocycles. The summed E-state index contributed by atoms with van der Waals surface area (Å²) in [7, 11) is 0. The summed E-state index contributed by atoms with van der Waals surface area (Å²) in [5.41, 5.74) is 10.5. The molecule has 0 aliphatic heterocycles. The predicted octanol–water partition coefficient (Wildman–Crippen LogP) is 2.35. The summed E-state index contributed by atoms with van der Waals surface area (Å²) in [6.45, 7) is 0. The quantitative estimate of drug-likeness (QED) is 0.411. The molecule has 14 heavy (non-hydrogen) atoms. The van der Waals surface area contributed by atoms with Crippen molar-refractivity contribution in [3.8, 4) is 0 Å². The van der Waals surface area contributed by atoms with Gasteiger partial charge in [-0.2, -0.15) is 0 Å². The molecule has 0 saturated carbocycles. The van der Waals surface area contributed by atoms with E-state index in [1.807, 2.05) is 24.3 Å². The highest BCUT2D eigenvalue weighted by molar-refractivity contribution is 5.33. The average Bonchev–Trinajstić information content (AvgIpc) is 2.23. The Balaban J connectivity index is 2.45. The third kappa shape index (κ3) is 1.45. The number of hydrogen-bond donors (Lipinski definition) is 1. The van der Waals surface area contributed by atoms with E-state index in [4.69, 9.17) is 5.53 Å². The Bertz CT molecular complexity index is 385. The molecule has 1 aliphatic rings. The van der Waals surface area contributed by atoms with Crippen molar-refractivity contribution < 1.29 is 5.11 Å². The monoisotopic (exact) mass is 189 g/mol. The number of aliphatic hydroxyl groups is 1. The van der Waals surface area contributed by atoms with Gasteiger partial charge in [0.1, 0.15) is 0 Å². The van der Waals surface area contributed by atoms with E-state index in [0.717, 1.165) is 12.0 Å². The van der Waals surface area contributed by atoms with E-state index < -0.39 is 12.1 Å². The van der Waals surface area contributed by atoms with Crippen LogP contribution in [0.5, 0.6) is 0 Å². The van der Waals surface area contributed by atoms with Crippen molar-refractivity contribution in [1.29, 1.82) is 0 Å². The lowest BCUT2D eigenvalue weighted by atomic mass is 9.86. The van der Waals surface area contributed by atoms with E-state index in [1.54, 1.807) is 0 Å². The SMILES string of the molecule is [N-]=[N+]=N[C@@H]1c2ccccc2CC[C@H]1O. The molecule has 4 nitrogen and oxygen atoms in total. The summed E-state index contributed by atoms with van der Waals surface area (Å²) in [6.07, 6.45) is 0.982. The molecule has 0 bridgehead atoms. The number of aryl methyl sites for hydroxylation is 1. The van der Waals surface area contributed by atoms with Crippen LogP contribution in [0.3, 0.4) is 0 Å². The van der Waals surface area contributed by atoms with Crippen LogP contribution in [0.2, 0.25) is 0 Å². The smallest absolute Gasteiger partial charge is 0.0887 e. The van der Waals surface area contributed by atoms with Crippen molar-refractivity contribution in [2.24, 2.45) is 5.11 Å². The van der Waals surface area contributed by atoms with Crippen LogP contribution < -0.4 is 0 Å². The van der Waals surface area contributed by atoms with Gasteiger partial charge in [0, 0.05) is 4.91 Å². The molecule has 72 valence electrons. The fourth-order valence-electron chi connectivity index (χ4n) is 1.91. The standard InChI is InChI=1S/C10H11N3O/c11-13-12-10-8-4-2-1-3-7(8)5-6-9(10)14/h1-4,9-10,14H,5-6H2/t9-,10-/m1/s1. The van der Waals surface area contributed by atoms with Crippen molar-refractivity contribution in [2.45, 2.75) is 25.0 Å². The second-order valence-corrected chi connectivity index (χ2v) is 3.45. The van der Waals surface area contributed by atoms with Gasteiger partial charge in [0.05, 0.1) is 12.1 Å². The minimum atomic E-state index is -0.541. The Morgan fingerprint density at radius 2 is 2.21 bits per heavy atom. The molecule has 0 aromatic heterocycles. The molecule has 1 aromatic carbocycles. The average molecular weight is 189 g/mol. The number of benzene rings is 1. The maximum atomic E-state index is 9.68. The van der Waals surface area contributed by atoms with Crippen LogP contribution in [-0.4, -0.2) is 11.2 Å². The first-order valence-electron chi connectivity index (χ1n) is 4.63. The Morgan fingerprint density at radius 1 is 1.43 bits per heavy atom. The van der Waals surface area contributed by atoms with E-state index in [1.165, 1.54) is 5.56 Å². The summed E-state index contributed by atoms with van der Waals surface area (Å²) in [5.74, 6) is 0. The van der Waals surface area contributed by atoms with Gasteiger partial charge in [-0.25, -0.2) is 0 Å². The number of hydrogen-bond acceptors (Lipinski definition) is 2. The highest BCUT2D eigenvalue weighted by Crippen LogP contribution is 2.32. The third-order valence-electron chi connectivity index (χ3n) is 2.62. The molecule has 0 fully saturated rings. The highest BCUT2D eigenvalue weighted by atomic mass is 16.3. The fourth-order valence-corrected chi connectivity index (χ4v) is 1.91. The van der Waals surface area contributed by atoms with Gasteiger partial charge < -0.3 is 5.11 Å². The first-order valence-corrected chi connectivity index (χ1v) is 4.63. The second-order valence-electron chi connectivity index (χ2n) is 3.45. The largest absolute Gasteiger partial charge is 0.392 e. The summed E-state index contributed by atoms with van der Waals surface area (Å²) in [5, 5.41) is 13.3. The van der Waals surface area contributed by atoms with Gasteiger partial charge in [0.2, 0.25) is 0 Å². The lowest BCUT2D eigenvalue weighted by Gasteiger charge is -2.26. The Morgan fingerprint density at radius 3 is 3.00 bits per heavy atom. The van der Waals surface area contributed by atoms with E-state index >= 15 is 0 Å². The number of aliphatic hydroxyl groups excluding tert-OH is 1. The number of azide groups is 1. The molecule has 0 spiro atoms. The summed E-state index contributed by atoms with van der Waals surface area (Å²) < 4.78 is 0. The summed E-state index contributed by atoms with van der Waals surface area (Å²) >= 11 is 0. The molecule has 4 heteroatoms. The van der Waals surface area contributed by atoms with Gasteiger partial charge >= 0.3 is 0 Å². The zero-order valence-corrected chi connectivity index (χ0v) is 7.67. The Kier molecular flexibility index (Phi) is 2.39. The Labute approximate surface area is 81.8 Å². The van der Waals surface area contributed by atoms with E-state index in [2.05, 4.69) is 10.0 Å². The molecule has 0 radical (unpaired) electrons. The van der Waals surface area contributed by atoms with Crippen LogP contribution in [0, 0.1) is 0 Å². The van der Waals surface area contributed by atoms with E-state index in [-0.39, 0.29) is 0 Å². The minimum Gasteiger partial charge on any atom is -0.392 e. The molecule has 2 atom stereocenters. The van der Waals surface area contributed by atoms with Crippen molar-refractivity contribution in [1.82, 2.24) is 0 Å². The number of rotatable bonds is 1. The molecule has 1 N–H and O–H groups in total. The van der Waals surface area contributed by atoms with Crippen LogP contribution in [0.15, 0.2) is 29.4 Å². The van der Waals surface area contributed by atoms with Crippen LogP contribution in [0.25, 0.3) is 10.4 Å². The topological polar surface area (TPSA) is 69.0 Å². The van der Waals surface area contributed by atoms with Crippen molar-refractivity contribution >= 4 is 0 Å².